The molecule has 1 amide bonds. The Morgan fingerprint density at radius 1 is 1.03 bits per heavy atom. The molecule has 0 radical (unpaired) electrons. The number of carbonyl (C=O) groups is 1. The molecule has 0 aliphatic rings. The van der Waals surface area contributed by atoms with E-state index in [0.29, 0.717) is 26.6 Å². The summed E-state index contributed by atoms with van der Waals surface area (Å²) in [5.74, 6) is -0.347. The van der Waals surface area contributed by atoms with Crippen molar-refractivity contribution < 1.29 is 4.79 Å². The Labute approximate surface area is 193 Å². The molecule has 2 aromatic heterocycles. The standard InChI is InChI=1S/C24H22ClN3O3S/c1-3-15-8-10-17(11-9-15)26-21(29)14-27-23-20(13-19(4-2)32-23)22(30)28(24(27)31)18-7-5-6-16(25)12-18/h5-13H,3-4,14H2,1-2H3,(H,26,29). The van der Waals surface area contributed by atoms with Crippen LogP contribution in [0.3, 0.4) is 0 Å². The van der Waals surface area contributed by atoms with Crippen molar-refractivity contribution in [2.75, 3.05) is 5.32 Å². The summed E-state index contributed by atoms with van der Waals surface area (Å²) >= 11 is 7.45. The average molecular weight is 468 g/mol. The van der Waals surface area contributed by atoms with Crippen LogP contribution in [-0.4, -0.2) is 15.0 Å². The monoisotopic (exact) mass is 467 g/mol. The van der Waals surface area contributed by atoms with E-state index in [9.17, 15) is 14.4 Å². The van der Waals surface area contributed by atoms with Crippen LogP contribution in [0.2, 0.25) is 5.02 Å². The molecule has 0 aliphatic carbocycles. The highest BCUT2D eigenvalue weighted by Crippen LogP contribution is 2.23. The molecular formula is C24H22ClN3O3S. The highest BCUT2D eigenvalue weighted by atomic mass is 35.5. The van der Waals surface area contributed by atoms with Crippen molar-refractivity contribution in [2.24, 2.45) is 0 Å². The molecule has 6 nitrogen and oxygen atoms in total. The van der Waals surface area contributed by atoms with Crippen molar-refractivity contribution in [3.63, 3.8) is 0 Å². The van der Waals surface area contributed by atoms with Crippen LogP contribution in [0, 0.1) is 0 Å². The van der Waals surface area contributed by atoms with E-state index in [1.807, 2.05) is 31.2 Å². The first-order valence-corrected chi connectivity index (χ1v) is 11.5. The van der Waals surface area contributed by atoms with E-state index in [4.69, 9.17) is 11.6 Å². The van der Waals surface area contributed by atoms with E-state index >= 15 is 0 Å². The van der Waals surface area contributed by atoms with Gasteiger partial charge in [0, 0.05) is 15.6 Å². The van der Waals surface area contributed by atoms with Crippen LogP contribution in [-0.2, 0) is 24.2 Å². The van der Waals surface area contributed by atoms with Gasteiger partial charge in [0.15, 0.2) is 0 Å². The number of aryl methyl sites for hydroxylation is 2. The van der Waals surface area contributed by atoms with Crippen LogP contribution in [0.1, 0.15) is 24.3 Å². The molecule has 1 N–H and O–H groups in total. The quantitative estimate of drug-likeness (QED) is 0.449. The third kappa shape index (κ3) is 4.26. The second-order valence-electron chi connectivity index (χ2n) is 7.37. The average Bonchev–Trinajstić information content (AvgIpc) is 3.22. The Morgan fingerprint density at radius 2 is 1.78 bits per heavy atom. The lowest BCUT2D eigenvalue weighted by Gasteiger charge is -2.12. The van der Waals surface area contributed by atoms with Gasteiger partial charge < -0.3 is 5.32 Å². The van der Waals surface area contributed by atoms with E-state index in [-0.39, 0.29) is 12.5 Å². The molecular weight excluding hydrogens is 446 g/mol. The number of fused-ring (bicyclic) bond motifs is 1. The Bertz CT molecular complexity index is 1420. The summed E-state index contributed by atoms with van der Waals surface area (Å²) in [6.07, 6.45) is 1.63. The number of aromatic nitrogens is 2. The number of anilines is 1. The molecule has 0 unspecified atom stereocenters. The molecule has 4 rings (SSSR count). The SMILES string of the molecule is CCc1ccc(NC(=O)Cn2c(=O)n(-c3cccc(Cl)c3)c(=O)c3cc(CC)sc32)cc1. The van der Waals surface area contributed by atoms with Gasteiger partial charge in [-0.05, 0) is 54.8 Å². The number of nitrogens with one attached hydrogen (secondary N) is 1. The van der Waals surface area contributed by atoms with Crippen LogP contribution >= 0.6 is 22.9 Å². The third-order valence-electron chi connectivity index (χ3n) is 5.23. The van der Waals surface area contributed by atoms with Crippen LogP contribution in [0.4, 0.5) is 5.69 Å². The summed E-state index contributed by atoms with van der Waals surface area (Å²) in [5, 5.41) is 3.65. The van der Waals surface area contributed by atoms with Gasteiger partial charge in [0.05, 0.1) is 11.1 Å². The molecule has 0 bridgehead atoms. The zero-order chi connectivity index (χ0) is 22.8. The summed E-state index contributed by atoms with van der Waals surface area (Å²) in [6.45, 7) is 3.83. The first kappa shape index (κ1) is 22.0. The normalized spacial score (nSPS) is 11.1. The van der Waals surface area contributed by atoms with Gasteiger partial charge in [-0.25, -0.2) is 9.36 Å². The second kappa shape index (κ2) is 9.14. The zero-order valence-corrected chi connectivity index (χ0v) is 19.3. The molecule has 164 valence electrons. The van der Waals surface area contributed by atoms with Gasteiger partial charge in [0.25, 0.3) is 5.56 Å². The number of amides is 1. The molecule has 4 aromatic rings. The predicted octanol–water partition coefficient (Wildman–Crippen LogP) is 4.63. The molecule has 0 fully saturated rings. The van der Waals surface area contributed by atoms with Gasteiger partial charge in [0.1, 0.15) is 11.4 Å². The van der Waals surface area contributed by atoms with E-state index < -0.39 is 11.2 Å². The molecule has 0 saturated carbocycles. The first-order chi connectivity index (χ1) is 15.4. The number of carbonyl (C=O) groups excluding carboxylic acids is 1. The minimum absolute atomic E-state index is 0.213. The van der Waals surface area contributed by atoms with Crippen molar-refractivity contribution in [1.82, 2.24) is 9.13 Å². The minimum Gasteiger partial charge on any atom is -0.325 e. The molecule has 0 spiro atoms. The van der Waals surface area contributed by atoms with Gasteiger partial charge in [-0.3, -0.25) is 14.2 Å². The molecule has 32 heavy (non-hydrogen) atoms. The van der Waals surface area contributed by atoms with Crippen molar-refractivity contribution in [3.8, 4) is 5.69 Å². The fourth-order valence-electron chi connectivity index (χ4n) is 3.52. The Balaban J connectivity index is 1.80. The van der Waals surface area contributed by atoms with Gasteiger partial charge in [-0.2, -0.15) is 0 Å². The Kier molecular flexibility index (Phi) is 6.30. The van der Waals surface area contributed by atoms with Crippen LogP contribution in [0.5, 0.6) is 0 Å². The molecule has 2 heterocycles. The number of thiophene rings is 1. The Hall–Kier alpha value is -3.16. The Morgan fingerprint density at radius 3 is 2.44 bits per heavy atom. The highest BCUT2D eigenvalue weighted by Gasteiger charge is 2.19. The number of halogens is 1. The van der Waals surface area contributed by atoms with E-state index in [1.54, 1.807) is 30.3 Å². The molecule has 2 aromatic carbocycles. The lowest BCUT2D eigenvalue weighted by Crippen LogP contribution is -2.40. The van der Waals surface area contributed by atoms with Crippen molar-refractivity contribution >= 4 is 44.7 Å². The van der Waals surface area contributed by atoms with E-state index in [1.165, 1.54) is 21.5 Å². The predicted molar refractivity (Wildman–Crippen MR) is 131 cm³/mol. The van der Waals surface area contributed by atoms with Gasteiger partial charge >= 0.3 is 5.69 Å². The zero-order valence-electron chi connectivity index (χ0n) is 17.7. The summed E-state index contributed by atoms with van der Waals surface area (Å²) in [4.78, 5) is 40.9. The second-order valence-corrected chi connectivity index (χ2v) is 8.92. The number of nitrogens with zero attached hydrogens (tertiary/aromatic N) is 2. The number of benzene rings is 2. The van der Waals surface area contributed by atoms with Gasteiger partial charge in [-0.1, -0.05) is 43.6 Å². The van der Waals surface area contributed by atoms with Crippen molar-refractivity contribution in [2.45, 2.75) is 33.2 Å². The highest BCUT2D eigenvalue weighted by molar-refractivity contribution is 7.18. The maximum Gasteiger partial charge on any atom is 0.337 e. The minimum atomic E-state index is -0.578. The number of hydrogen-bond acceptors (Lipinski definition) is 4. The summed E-state index contributed by atoms with van der Waals surface area (Å²) in [6, 6.07) is 15.9. The number of hydrogen-bond donors (Lipinski definition) is 1. The third-order valence-corrected chi connectivity index (χ3v) is 6.76. The molecule has 0 saturated heterocycles. The largest absolute Gasteiger partial charge is 0.337 e. The summed E-state index contributed by atoms with van der Waals surface area (Å²) in [5.41, 5.74) is 1.18. The summed E-state index contributed by atoms with van der Waals surface area (Å²) in [7, 11) is 0. The summed E-state index contributed by atoms with van der Waals surface area (Å²) < 4.78 is 2.43. The topological polar surface area (TPSA) is 73.1 Å². The maximum absolute atomic E-state index is 13.4. The van der Waals surface area contributed by atoms with Crippen LogP contribution < -0.4 is 16.6 Å². The molecule has 0 aliphatic heterocycles. The molecule has 8 heteroatoms. The molecule has 0 atom stereocenters. The van der Waals surface area contributed by atoms with Gasteiger partial charge in [0.2, 0.25) is 5.91 Å². The lowest BCUT2D eigenvalue weighted by atomic mass is 10.1. The van der Waals surface area contributed by atoms with Crippen LogP contribution in [0.25, 0.3) is 15.9 Å². The van der Waals surface area contributed by atoms with E-state index in [0.717, 1.165) is 22.3 Å². The van der Waals surface area contributed by atoms with Gasteiger partial charge in [-0.15, -0.1) is 11.3 Å². The van der Waals surface area contributed by atoms with Crippen molar-refractivity contribution in [3.05, 3.63) is 90.9 Å². The maximum atomic E-state index is 13.4. The van der Waals surface area contributed by atoms with E-state index in [2.05, 4.69) is 12.2 Å². The smallest absolute Gasteiger partial charge is 0.325 e. The lowest BCUT2D eigenvalue weighted by molar-refractivity contribution is -0.116. The fourth-order valence-corrected chi connectivity index (χ4v) is 4.79. The first-order valence-electron chi connectivity index (χ1n) is 10.3. The fraction of sp³-hybridized carbons (Fsp3) is 0.208. The number of rotatable bonds is 6. The van der Waals surface area contributed by atoms with Crippen molar-refractivity contribution in [1.29, 1.82) is 0 Å². The van der Waals surface area contributed by atoms with Crippen LogP contribution in [0.15, 0.2) is 64.2 Å².